The van der Waals surface area contributed by atoms with Gasteiger partial charge in [0.2, 0.25) is 15.9 Å². The lowest BCUT2D eigenvalue weighted by atomic mass is 9.85. The van der Waals surface area contributed by atoms with Crippen molar-refractivity contribution in [3.05, 3.63) is 29.8 Å². The zero-order valence-electron chi connectivity index (χ0n) is 13.2. The molecule has 0 aliphatic heterocycles. The largest absolute Gasteiger partial charge is 0.273 e. The van der Waals surface area contributed by atoms with E-state index in [1.165, 1.54) is 19.2 Å². The molecule has 8 heteroatoms. The van der Waals surface area contributed by atoms with E-state index < -0.39 is 15.9 Å². The van der Waals surface area contributed by atoms with Crippen LogP contribution in [0.4, 0.5) is 0 Å². The molecule has 0 atom stereocenters. The fourth-order valence-corrected chi connectivity index (χ4v) is 3.25. The van der Waals surface area contributed by atoms with Crippen molar-refractivity contribution in [2.45, 2.75) is 31.1 Å². The molecule has 1 saturated carbocycles. The smallest absolute Gasteiger partial charge is 0.253 e. The molecular weight excluding hydrogens is 318 g/mol. The Balaban J connectivity index is 1.89. The predicted octanol–water partition coefficient (Wildman–Crippen LogP) is 0.563. The van der Waals surface area contributed by atoms with Gasteiger partial charge in [-0.1, -0.05) is 24.1 Å². The molecule has 126 valence electrons. The van der Waals surface area contributed by atoms with Gasteiger partial charge in [-0.3, -0.25) is 20.4 Å². The van der Waals surface area contributed by atoms with Crippen LogP contribution >= 0.6 is 0 Å². The summed E-state index contributed by atoms with van der Waals surface area (Å²) in [5.41, 5.74) is 5.53. The first kappa shape index (κ1) is 17.4. The van der Waals surface area contributed by atoms with Crippen LogP contribution in [0.1, 0.15) is 24.8 Å². The van der Waals surface area contributed by atoms with Crippen LogP contribution in [0, 0.1) is 12.8 Å². The number of carbonyl (C=O) groups excluding carboxylic acids is 2. The van der Waals surface area contributed by atoms with E-state index in [4.69, 9.17) is 0 Å². The summed E-state index contributed by atoms with van der Waals surface area (Å²) in [4.78, 5) is 23.5. The second kappa shape index (κ2) is 7.10. The highest BCUT2D eigenvalue weighted by atomic mass is 32.2. The van der Waals surface area contributed by atoms with Gasteiger partial charge in [-0.05, 0) is 31.9 Å². The van der Waals surface area contributed by atoms with Gasteiger partial charge in [0.05, 0.1) is 11.4 Å². The van der Waals surface area contributed by atoms with Gasteiger partial charge in [0, 0.05) is 13.0 Å². The lowest BCUT2D eigenvalue weighted by Gasteiger charge is -2.24. The second-order valence-corrected chi connectivity index (χ2v) is 7.78. The number of hydrazine groups is 1. The highest BCUT2D eigenvalue weighted by Crippen LogP contribution is 2.25. The quantitative estimate of drug-likeness (QED) is 0.766. The van der Waals surface area contributed by atoms with Crippen LogP contribution in [-0.2, 0) is 19.6 Å². The molecule has 1 fully saturated rings. The number of likely N-dealkylation sites (N-methyl/N-ethyl adjacent to an activating group) is 1. The van der Waals surface area contributed by atoms with Crippen molar-refractivity contribution in [2.75, 3.05) is 13.6 Å². The second-order valence-electron chi connectivity index (χ2n) is 5.74. The van der Waals surface area contributed by atoms with Gasteiger partial charge in [-0.2, -0.15) is 4.31 Å². The van der Waals surface area contributed by atoms with Crippen LogP contribution in [0.5, 0.6) is 0 Å². The first-order valence-corrected chi connectivity index (χ1v) is 8.86. The minimum absolute atomic E-state index is 0.0516. The van der Waals surface area contributed by atoms with Gasteiger partial charge in [0.15, 0.2) is 0 Å². The summed E-state index contributed by atoms with van der Waals surface area (Å²) in [6.07, 6.45) is 2.66. The van der Waals surface area contributed by atoms with Gasteiger partial charge in [-0.15, -0.1) is 0 Å². The first-order chi connectivity index (χ1) is 10.8. The summed E-state index contributed by atoms with van der Waals surface area (Å²) in [5.74, 6) is -0.867. The Bertz CT molecular complexity index is 681. The number of amides is 2. The Kier molecular flexibility index (Phi) is 5.38. The Labute approximate surface area is 136 Å². The molecular formula is C15H21N3O4S. The SMILES string of the molecule is Cc1ccc(S(=O)(=O)N(C)CC(=O)NNC(=O)C2CCC2)cc1. The molecule has 1 aromatic carbocycles. The molecule has 0 bridgehead atoms. The molecule has 2 amide bonds. The Morgan fingerprint density at radius 2 is 1.78 bits per heavy atom. The Morgan fingerprint density at radius 3 is 2.30 bits per heavy atom. The molecule has 1 aliphatic rings. The van der Waals surface area contributed by atoms with Crippen molar-refractivity contribution < 1.29 is 18.0 Å². The summed E-state index contributed by atoms with van der Waals surface area (Å²) in [6.45, 7) is 1.49. The molecule has 0 saturated heterocycles. The van der Waals surface area contributed by atoms with Crippen LogP contribution in [0.3, 0.4) is 0 Å². The standard InChI is InChI=1S/C15H21N3O4S/c1-11-6-8-13(9-7-11)23(21,22)18(2)10-14(19)16-17-15(20)12-4-3-5-12/h6-9,12H,3-5,10H2,1-2H3,(H,16,19)(H,17,20). The van der Waals surface area contributed by atoms with E-state index in [0.29, 0.717) is 0 Å². The van der Waals surface area contributed by atoms with Gasteiger partial charge in [-0.25, -0.2) is 8.42 Å². The number of benzene rings is 1. The fraction of sp³-hybridized carbons (Fsp3) is 0.467. The van der Waals surface area contributed by atoms with Crippen molar-refractivity contribution in [2.24, 2.45) is 5.92 Å². The van der Waals surface area contributed by atoms with Gasteiger partial charge < -0.3 is 0 Å². The number of hydrogen-bond acceptors (Lipinski definition) is 4. The number of nitrogens with one attached hydrogen (secondary N) is 2. The molecule has 7 nitrogen and oxygen atoms in total. The van der Waals surface area contributed by atoms with E-state index >= 15 is 0 Å². The maximum atomic E-state index is 12.3. The highest BCUT2D eigenvalue weighted by Gasteiger charge is 2.26. The summed E-state index contributed by atoms with van der Waals surface area (Å²) in [5, 5.41) is 0. The number of carbonyl (C=O) groups is 2. The molecule has 0 spiro atoms. The van der Waals surface area contributed by atoms with Crippen LogP contribution in [0.2, 0.25) is 0 Å². The summed E-state index contributed by atoms with van der Waals surface area (Å²) < 4.78 is 25.6. The molecule has 0 heterocycles. The third-order valence-corrected chi connectivity index (χ3v) is 5.71. The zero-order valence-corrected chi connectivity index (χ0v) is 14.0. The van der Waals surface area contributed by atoms with Crippen LogP contribution in [-0.4, -0.2) is 38.1 Å². The maximum absolute atomic E-state index is 12.3. The predicted molar refractivity (Wildman–Crippen MR) is 84.6 cm³/mol. The average Bonchev–Trinajstić information content (AvgIpc) is 2.43. The van der Waals surface area contributed by atoms with Crippen LogP contribution in [0.25, 0.3) is 0 Å². The molecule has 1 aliphatic carbocycles. The molecule has 0 radical (unpaired) electrons. The molecule has 0 aromatic heterocycles. The van der Waals surface area contributed by atoms with Crippen molar-refractivity contribution >= 4 is 21.8 Å². The van der Waals surface area contributed by atoms with Crippen molar-refractivity contribution in [1.82, 2.24) is 15.2 Å². The van der Waals surface area contributed by atoms with Crippen molar-refractivity contribution in [3.63, 3.8) is 0 Å². The lowest BCUT2D eigenvalue weighted by molar-refractivity contribution is -0.132. The highest BCUT2D eigenvalue weighted by molar-refractivity contribution is 7.89. The Morgan fingerprint density at radius 1 is 1.17 bits per heavy atom. The van der Waals surface area contributed by atoms with Crippen LogP contribution in [0.15, 0.2) is 29.2 Å². The molecule has 2 rings (SSSR count). The molecule has 2 N–H and O–H groups in total. The van der Waals surface area contributed by atoms with E-state index in [-0.39, 0.29) is 23.3 Å². The average molecular weight is 339 g/mol. The molecule has 1 aromatic rings. The molecule has 23 heavy (non-hydrogen) atoms. The first-order valence-electron chi connectivity index (χ1n) is 7.42. The monoisotopic (exact) mass is 339 g/mol. The number of rotatable bonds is 5. The van der Waals surface area contributed by atoms with Crippen molar-refractivity contribution in [3.8, 4) is 0 Å². The maximum Gasteiger partial charge on any atom is 0.253 e. The Hall–Kier alpha value is -1.93. The minimum atomic E-state index is -3.74. The van der Waals surface area contributed by atoms with E-state index in [0.717, 1.165) is 29.1 Å². The normalized spacial score (nSPS) is 15.1. The number of sulfonamides is 1. The van der Waals surface area contributed by atoms with E-state index in [2.05, 4.69) is 10.9 Å². The third-order valence-electron chi connectivity index (χ3n) is 3.90. The lowest BCUT2D eigenvalue weighted by Crippen LogP contribution is -2.49. The zero-order chi connectivity index (χ0) is 17.0. The van der Waals surface area contributed by atoms with E-state index in [9.17, 15) is 18.0 Å². The topological polar surface area (TPSA) is 95.6 Å². The summed E-state index contributed by atoms with van der Waals surface area (Å²) in [6, 6.07) is 6.38. The third kappa shape index (κ3) is 4.29. The van der Waals surface area contributed by atoms with E-state index in [1.54, 1.807) is 12.1 Å². The number of aryl methyl sites for hydroxylation is 1. The summed E-state index contributed by atoms with van der Waals surface area (Å²) >= 11 is 0. The fourth-order valence-electron chi connectivity index (χ4n) is 2.12. The van der Waals surface area contributed by atoms with E-state index in [1.807, 2.05) is 6.92 Å². The van der Waals surface area contributed by atoms with Gasteiger partial charge in [0.25, 0.3) is 5.91 Å². The number of nitrogens with zero attached hydrogens (tertiary/aromatic N) is 1. The number of hydrogen-bond donors (Lipinski definition) is 2. The van der Waals surface area contributed by atoms with Crippen LogP contribution < -0.4 is 10.9 Å². The van der Waals surface area contributed by atoms with Gasteiger partial charge >= 0.3 is 0 Å². The molecule has 0 unspecified atom stereocenters. The van der Waals surface area contributed by atoms with Crippen molar-refractivity contribution in [1.29, 1.82) is 0 Å². The minimum Gasteiger partial charge on any atom is -0.273 e. The summed E-state index contributed by atoms with van der Waals surface area (Å²) in [7, 11) is -2.42. The van der Waals surface area contributed by atoms with Gasteiger partial charge in [0.1, 0.15) is 0 Å².